The summed E-state index contributed by atoms with van der Waals surface area (Å²) >= 11 is 0. The lowest BCUT2D eigenvalue weighted by Gasteiger charge is -2.30. The average molecular weight is 267 g/mol. The van der Waals surface area contributed by atoms with Gasteiger partial charge >= 0.3 is 0 Å². The molecule has 0 unspecified atom stereocenters. The van der Waals surface area contributed by atoms with Gasteiger partial charge in [-0.2, -0.15) is 0 Å². The predicted molar refractivity (Wildman–Crippen MR) is 70.1 cm³/mol. The lowest BCUT2D eigenvalue weighted by atomic mass is 9.94. The minimum atomic E-state index is -0.962. The van der Waals surface area contributed by atoms with Gasteiger partial charge in [-0.3, -0.25) is 9.69 Å². The molecule has 0 saturated carbocycles. The van der Waals surface area contributed by atoms with Crippen molar-refractivity contribution in [2.24, 2.45) is 5.92 Å². The maximum Gasteiger partial charge on any atom is 0.176 e. The molecule has 2 nitrogen and oxygen atoms in total. The third-order valence-corrected chi connectivity index (χ3v) is 3.89. The van der Waals surface area contributed by atoms with Gasteiger partial charge < -0.3 is 0 Å². The summed E-state index contributed by atoms with van der Waals surface area (Å²) in [5.41, 5.74) is 0.247. The van der Waals surface area contributed by atoms with Crippen molar-refractivity contribution in [3.05, 3.63) is 35.4 Å². The Hall–Kier alpha value is -1.29. The van der Waals surface area contributed by atoms with E-state index in [0.29, 0.717) is 6.54 Å². The molecular weight excluding hydrogens is 248 g/mol. The van der Waals surface area contributed by atoms with Gasteiger partial charge in [0.15, 0.2) is 17.4 Å². The van der Waals surface area contributed by atoms with Gasteiger partial charge in [-0.05, 0) is 50.0 Å². The lowest BCUT2D eigenvalue weighted by Crippen LogP contribution is -2.37. The second-order valence-electron chi connectivity index (χ2n) is 5.18. The predicted octanol–water partition coefficient (Wildman–Crippen LogP) is 3.27. The second kappa shape index (κ2) is 6.24. The summed E-state index contributed by atoms with van der Waals surface area (Å²) < 4.78 is 25.9. The molecule has 0 aromatic heterocycles. The van der Waals surface area contributed by atoms with Gasteiger partial charge in [0, 0.05) is 5.56 Å². The summed E-state index contributed by atoms with van der Waals surface area (Å²) in [6.45, 7) is 4.30. The fourth-order valence-electron chi connectivity index (χ4n) is 2.52. The molecule has 1 aliphatic rings. The van der Waals surface area contributed by atoms with E-state index >= 15 is 0 Å². The van der Waals surface area contributed by atoms with Crippen molar-refractivity contribution >= 4 is 5.78 Å². The molecule has 19 heavy (non-hydrogen) atoms. The maximum absolute atomic E-state index is 13.1. The first kappa shape index (κ1) is 14.1. The van der Waals surface area contributed by atoms with E-state index in [2.05, 4.69) is 11.8 Å². The molecule has 0 N–H and O–H groups in total. The highest BCUT2D eigenvalue weighted by Crippen LogP contribution is 2.20. The number of hydrogen-bond acceptors (Lipinski definition) is 2. The van der Waals surface area contributed by atoms with E-state index in [1.807, 2.05) is 0 Å². The number of piperidine rings is 1. The molecule has 0 amide bonds. The highest BCUT2D eigenvalue weighted by Gasteiger charge is 2.20. The largest absolute Gasteiger partial charge is 0.296 e. The van der Waals surface area contributed by atoms with Gasteiger partial charge in [0.25, 0.3) is 0 Å². The number of carbonyl (C=O) groups excluding carboxylic acids is 1. The molecule has 0 bridgehead atoms. The fourth-order valence-corrected chi connectivity index (χ4v) is 2.52. The van der Waals surface area contributed by atoms with Crippen molar-refractivity contribution in [2.75, 3.05) is 19.6 Å². The van der Waals surface area contributed by atoms with Gasteiger partial charge in [0.2, 0.25) is 0 Å². The Bertz CT molecular complexity index is 453. The number of hydrogen-bond donors (Lipinski definition) is 0. The zero-order chi connectivity index (χ0) is 13.8. The number of benzene rings is 1. The zero-order valence-corrected chi connectivity index (χ0v) is 11.2. The Morgan fingerprint density at radius 3 is 2.53 bits per heavy atom. The van der Waals surface area contributed by atoms with E-state index in [4.69, 9.17) is 0 Å². The summed E-state index contributed by atoms with van der Waals surface area (Å²) in [6.07, 6.45) is 3.41. The second-order valence-corrected chi connectivity index (χ2v) is 5.18. The molecular formula is C15H19F2NO. The number of nitrogens with zero attached hydrogens (tertiary/aromatic N) is 1. The van der Waals surface area contributed by atoms with Crippen molar-refractivity contribution in [3.8, 4) is 0 Å². The SMILES string of the molecule is CCC1CCN(CC(=O)c2ccc(F)c(F)c2)CC1. The molecule has 1 fully saturated rings. The Labute approximate surface area is 112 Å². The topological polar surface area (TPSA) is 20.3 Å². The van der Waals surface area contributed by atoms with Gasteiger partial charge in [0.1, 0.15) is 0 Å². The van der Waals surface area contributed by atoms with Crippen molar-refractivity contribution in [1.82, 2.24) is 4.90 Å². The minimum absolute atomic E-state index is 0.145. The smallest absolute Gasteiger partial charge is 0.176 e. The van der Waals surface area contributed by atoms with Crippen molar-refractivity contribution < 1.29 is 13.6 Å². The van der Waals surface area contributed by atoms with Crippen LogP contribution in [-0.4, -0.2) is 30.3 Å². The van der Waals surface area contributed by atoms with Crippen LogP contribution in [-0.2, 0) is 0 Å². The Morgan fingerprint density at radius 1 is 1.26 bits per heavy atom. The van der Waals surface area contributed by atoms with E-state index in [9.17, 15) is 13.6 Å². The molecule has 1 aromatic carbocycles. The quantitative estimate of drug-likeness (QED) is 0.780. The van der Waals surface area contributed by atoms with Crippen LogP contribution < -0.4 is 0 Å². The summed E-state index contributed by atoms with van der Waals surface area (Å²) in [7, 11) is 0. The highest BCUT2D eigenvalue weighted by atomic mass is 19.2. The summed E-state index contributed by atoms with van der Waals surface area (Å²) in [5.74, 6) is -1.26. The number of halogens is 2. The Kier molecular flexibility index (Phi) is 4.64. The Balaban J connectivity index is 1.92. The van der Waals surface area contributed by atoms with Crippen LogP contribution in [0.2, 0.25) is 0 Å². The van der Waals surface area contributed by atoms with E-state index < -0.39 is 11.6 Å². The average Bonchev–Trinajstić information content (AvgIpc) is 2.42. The van der Waals surface area contributed by atoms with Crippen LogP contribution >= 0.6 is 0 Å². The van der Waals surface area contributed by atoms with Crippen LogP contribution in [0.15, 0.2) is 18.2 Å². The highest BCUT2D eigenvalue weighted by molar-refractivity contribution is 5.97. The van der Waals surface area contributed by atoms with Gasteiger partial charge in [0.05, 0.1) is 6.54 Å². The van der Waals surface area contributed by atoms with Crippen molar-refractivity contribution in [1.29, 1.82) is 0 Å². The van der Waals surface area contributed by atoms with E-state index in [1.165, 1.54) is 12.5 Å². The molecule has 0 atom stereocenters. The molecule has 1 heterocycles. The van der Waals surface area contributed by atoms with Crippen LogP contribution in [0.25, 0.3) is 0 Å². The van der Waals surface area contributed by atoms with Gasteiger partial charge in [-0.1, -0.05) is 13.3 Å². The lowest BCUT2D eigenvalue weighted by molar-refractivity contribution is 0.0894. The molecule has 1 aromatic rings. The normalized spacial score (nSPS) is 17.6. The number of ketones is 1. The molecule has 0 aliphatic carbocycles. The van der Waals surface area contributed by atoms with E-state index in [-0.39, 0.29) is 11.3 Å². The molecule has 1 saturated heterocycles. The molecule has 0 radical (unpaired) electrons. The molecule has 104 valence electrons. The van der Waals surface area contributed by atoms with E-state index in [0.717, 1.165) is 44.0 Å². The van der Waals surface area contributed by atoms with Crippen LogP contribution in [0.4, 0.5) is 8.78 Å². The first-order chi connectivity index (χ1) is 9.10. The van der Waals surface area contributed by atoms with Gasteiger partial charge in [-0.15, -0.1) is 0 Å². The first-order valence-electron chi connectivity index (χ1n) is 6.80. The van der Waals surface area contributed by atoms with Crippen molar-refractivity contribution in [2.45, 2.75) is 26.2 Å². The van der Waals surface area contributed by atoms with Crippen LogP contribution in [0.3, 0.4) is 0 Å². The monoisotopic (exact) mass is 267 g/mol. The third kappa shape index (κ3) is 3.60. The number of rotatable bonds is 4. The number of carbonyl (C=O) groups is 1. The van der Waals surface area contributed by atoms with Crippen molar-refractivity contribution in [3.63, 3.8) is 0 Å². The summed E-state index contributed by atoms with van der Waals surface area (Å²) in [6, 6.07) is 3.34. The first-order valence-corrected chi connectivity index (χ1v) is 6.80. The standard InChI is InChI=1S/C15H19F2NO/c1-2-11-5-7-18(8-6-11)10-15(19)12-3-4-13(16)14(17)9-12/h3-4,9,11H,2,5-8,10H2,1H3. The van der Waals surface area contributed by atoms with Crippen LogP contribution in [0.5, 0.6) is 0 Å². The molecule has 2 rings (SSSR count). The van der Waals surface area contributed by atoms with Gasteiger partial charge in [-0.25, -0.2) is 8.78 Å². The maximum atomic E-state index is 13.1. The summed E-state index contributed by atoms with van der Waals surface area (Å²) in [5, 5.41) is 0. The molecule has 4 heteroatoms. The summed E-state index contributed by atoms with van der Waals surface area (Å²) in [4.78, 5) is 14.1. The zero-order valence-electron chi connectivity index (χ0n) is 11.2. The van der Waals surface area contributed by atoms with E-state index in [1.54, 1.807) is 0 Å². The Morgan fingerprint density at radius 2 is 1.95 bits per heavy atom. The number of likely N-dealkylation sites (tertiary alicyclic amines) is 1. The number of Topliss-reactive ketones (excluding diaryl/α,β-unsaturated/α-hetero) is 1. The third-order valence-electron chi connectivity index (χ3n) is 3.89. The fraction of sp³-hybridized carbons (Fsp3) is 0.533. The minimum Gasteiger partial charge on any atom is -0.296 e. The van der Waals surface area contributed by atoms with Crippen LogP contribution in [0.1, 0.15) is 36.5 Å². The molecule has 0 spiro atoms. The van der Waals surface area contributed by atoms with Crippen LogP contribution in [0, 0.1) is 17.6 Å². The molecule has 1 aliphatic heterocycles.